The first-order valence-corrected chi connectivity index (χ1v) is 12.8. The lowest BCUT2D eigenvalue weighted by Gasteiger charge is -2.30. The van der Waals surface area contributed by atoms with Crippen molar-refractivity contribution in [2.24, 2.45) is 17.6 Å². The van der Waals surface area contributed by atoms with E-state index in [1.165, 1.54) is 19.3 Å². The molecule has 0 bridgehead atoms. The summed E-state index contributed by atoms with van der Waals surface area (Å²) < 4.78 is 5.95. The second-order valence-electron chi connectivity index (χ2n) is 9.13. The average molecular weight is 454 g/mol. The highest BCUT2D eigenvalue weighted by Crippen LogP contribution is 2.33. The smallest absolute Gasteiger partial charge is 0.337 e. The van der Waals surface area contributed by atoms with Gasteiger partial charge in [0.1, 0.15) is 5.76 Å². The topological polar surface area (TPSA) is 92.8 Å². The zero-order valence-corrected chi connectivity index (χ0v) is 20.5. The molecule has 178 valence electrons. The predicted octanol–water partition coefficient (Wildman–Crippen LogP) is 5.30. The summed E-state index contributed by atoms with van der Waals surface area (Å²) in [4.78, 5) is 11.9. The van der Waals surface area contributed by atoms with Crippen molar-refractivity contribution < 1.29 is 19.7 Å². The number of rotatable bonds is 18. The summed E-state index contributed by atoms with van der Waals surface area (Å²) in [7, 11) is 0. The number of unbranched alkanes of at least 4 members (excludes halogenated alkanes) is 2. The number of hydrogen-bond acceptors (Lipinski definition) is 5. The van der Waals surface area contributed by atoms with E-state index in [1.807, 2.05) is 6.08 Å². The largest absolute Gasteiger partial charge is 0.494 e. The molecule has 1 saturated carbocycles. The molecule has 1 fully saturated rings. The van der Waals surface area contributed by atoms with Crippen LogP contribution in [0.1, 0.15) is 72.1 Å². The van der Waals surface area contributed by atoms with Crippen LogP contribution in [0.4, 0.5) is 0 Å². The normalized spacial score (nSPS) is 17.7. The Morgan fingerprint density at radius 1 is 1.32 bits per heavy atom. The van der Waals surface area contributed by atoms with Crippen molar-refractivity contribution in [3.63, 3.8) is 0 Å². The average Bonchev–Trinajstić information content (AvgIpc) is 3.51. The molecule has 2 atom stereocenters. The van der Waals surface area contributed by atoms with Crippen LogP contribution in [0.5, 0.6) is 0 Å². The highest BCUT2D eigenvalue weighted by atomic mass is 32.2. The third kappa shape index (κ3) is 11.8. The maximum Gasteiger partial charge on any atom is 0.337 e. The van der Waals surface area contributed by atoms with Gasteiger partial charge in [-0.1, -0.05) is 59.1 Å². The molecule has 6 heteroatoms. The molecule has 0 heterocycles. The molecule has 0 amide bonds. The van der Waals surface area contributed by atoms with Crippen LogP contribution in [0.25, 0.3) is 0 Å². The monoisotopic (exact) mass is 453 g/mol. The number of aliphatic carboxylic acids is 1. The number of ether oxygens (including phenoxy) is 1. The summed E-state index contributed by atoms with van der Waals surface area (Å²) in [5, 5.41) is 20.5. The van der Waals surface area contributed by atoms with Gasteiger partial charge in [0.2, 0.25) is 0 Å². The Hall–Kier alpha value is -1.24. The highest BCUT2D eigenvalue weighted by molar-refractivity contribution is 7.99. The molecule has 2 unspecified atom stereocenters. The van der Waals surface area contributed by atoms with Gasteiger partial charge in [0.25, 0.3) is 0 Å². The van der Waals surface area contributed by atoms with Gasteiger partial charge in [0.05, 0.1) is 12.6 Å². The van der Waals surface area contributed by atoms with E-state index in [9.17, 15) is 15.0 Å². The van der Waals surface area contributed by atoms with Crippen LogP contribution in [-0.2, 0) is 9.53 Å². The summed E-state index contributed by atoms with van der Waals surface area (Å²) in [5.41, 5.74) is 4.54. The third-order valence-electron chi connectivity index (χ3n) is 5.30. The van der Waals surface area contributed by atoms with Crippen LogP contribution < -0.4 is 5.73 Å². The first kappa shape index (κ1) is 27.8. The van der Waals surface area contributed by atoms with Gasteiger partial charge in [-0.3, -0.25) is 0 Å². The minimum absolute atomic E-state index is 0.135. The molecule has 0 radical (unpaired) electrons. The van der Waals surface area contributed by atoms with Gasteiger partial charge in [-0.15, -0.1) is 0 Å². The molecule has 1 rings (SSSR count). The van der Waals surface area contributed by atoms with Crippen molar-refractivity contribution in [1.82, 2.24) is 0 Å². The number of aliphatic hydroxyl groups is 1. The Labute approximate surface area is 193 Å². The minimum atomic E-state index is -2.05. The Morgan fingerprint density at radius 3 is 2.61 bits per heavy atom. The number of carboxylic acids is 1. The summed E-state index contributed by atoms with van der Waals surface area (Å²) in [6.45, 7) is 10.9. The van der Waals surface area contributed by atoms with E-state index in [-0.39, 0.29) is 6.42 Å². The van der Waals surface area contributed by atoms with Crippen molar-refractivity contribution in [2.45, 2.75) is 83.8 Å². The zero-order valence-electron chi connectivity index (χ0n) is 19.6. The third-order valence-corrected chi connectivity index (χ3v) is 6.80. The Bertz CT molecular complexity index is 613. The maximum absolute atomic E-state index is 11.9. The zero-order chi connectivity index (χ0) is 23.3. The number of carboxylic acid groups (broad SMARTS) is 1. The van der Waals surface area contributed by atoms with Crippen LogP contribution in [0, 0.1) is 11.8 Å². The predicted molar refractivity (Wildman–Crippen MR) is 131 cm³/mol. The van der Waals surface area contributed by atoms with E-state index in [0.29, 0.717) is 29.6 Å². The Kier molecular flexibility index (Phi) is 13.2. The fraction of sp³-hybridized carbons (Fsp3) is 0.720. The van der Waals surface area contributed by atoms with Gasteiger partial charge in [0.15, 0.2) is 5.60 Å². The van der Waals surface area contributed by atoms with E-state index in [2.05, 4.69) is 33.4 Å². The Balaban J connectivity index is 2.75. The second-order valence-corrected chi connectivity index (χ2v) is 10.2. The number of hydrogen-bond donors (Lipinski definition) is 3. The summed E-state index contributed by atoms with van der Waals surface area (Å²) in [6, 6.07) is -0.887. The molecule has 31 heavy (non-hydrogen) atoms. The van der Waals surface area contributed by atoms with Crippen LogP contribution in [0.3, 0.4) is 0 Å². The van der Waals surface area contributed by atoms with Crippen LogP contribution in [0.2, 0.25) is 0 Å². The van der Waals surface area contributed by atoms with Gasteiger partial charge in [-0.2, -0.15) is 11.8 Å². The first-order valence-electron chi connectivity index (χ1n) is 11.7. The SMILES string of the molecule is C=C(/C=C(\C=C/CCCC)OCCCC1CC1)CC(O)(C(=O)O)C(N)CSCC(C)C. The molecule has 0 aliphatic heterocycles. The summed E-state index contributed by atoms with van der Waals surface area (Å²) >= 11 is 1.56. The van der Waals surface area contributed by atoms with Crippen LogP contribution >= 0.6 is 11.8 Å². The van der Waals surface area contributed by atoms with E-state index >= 15 is 0 Å². The van der Waals surface area contributed by atoms with Crippen molar-refractivity contribution in [3.05, 3.63) is 36.1 Å². The molecular formula is C25H43NO4S. The lowest BCUT2D eigenvalue weighted by molar-refractivity contribution is -0.160. The maximum atomic E-state index is 11.9. The van der Waals surface area contributed by atoms with Gasteiger partial charge in [-0.25, -0.2) is 4.79 Å². The van der Waals surface area contributed by atoms with Crippen molar-refractivity contribution in [3.8, 4) is 0 Å². The number of nitrogens with two attached hydrogens (primary N) is 1. The quantitative estimate of drug-likeness (QED) is 0.148. The highest BCUT2D eigenvalue weighted by Gasteiger charge is 2.42. The molecule has 0 aromatic heterocycles. The van der Waals surface area contributed by atoms with E-state index in [4.69, 9.17) is 10.5 Å². The standard InChI is InChI=1S/C25H43NO4S/c1-5-6-7-8-11-22(30-14-9-10-21-12-13-21)15-20(4)16-25(29,24(27)28)23(26)18-31-17-19(2)3/h8,11,15,19,21,23,29H,4-7,9-10,12-14,16-18,26H2,1-3H3,(H,27,28)/b11-8-,22-15+. The van der Waals surface area contributed by atoms with Gasteiger partial charge in [-0.05, 0) is 54.6 Å². The van der Waals surface area contributed by atoms with E-state index in [1.54, 1.807) is 17.8 Å². The molecule has 0 saturated heterocycles. The van der Waals surface area contributed by atoms with Gasteiger partial charge < -0.3 is 20.7 Å². The fourth-order valence-electron chi connectivity index (χ4n) is 3.16. The van der Waals surface area contributed by atoms with Gasteiger partial charge in [0, 0.05) is 12.2 Å². The molecule has 1 aliphatic carbocycles. The molecule has 0 spiro atoms. The lowest BCUT2D eigenvalue weighted by Crippen LogP contribution is -2.55. The van der Waals surface area contributed by atoms with Crippen molar-refractivity contribution in [1.29, 1.82) is 0 Å². The molecule has 0 aromatic rings. The minimum Gasteiger partial charge on any atom is -0.494 e. The molecule has 1 aliphatic rings. The fourth-order valence-corrected chi connectivity index (χ4v) is 4.30. The van der Waals surface area contributed by atoms with E-state index in [0.717, 1.165) is 37.4 Å². The van der Waals surface area contributed by atoms with Gasteiger partial charge >= 0.3 is 5.97 Å². The van der Waals surface area contributed by atoms with Crippen LogP contribution in [-0.4, -0.2) is 45.9 Å². The number of thioether (sulfide) groups is 1. The van der Waals surface area contributed by atoms with Crippen molar-refractivity contribution >= 4 is 17.7 Å². The lowest BCUT2D eigenvalue weighted by atomic mass is 9.88. The molecule has 0 aromatic carbocycles. The van der Waals surface area contributed by atoms with Crippen LogP contribution in [0.15, 0.2) is 36.1 Å². The number of allylic oxidation sites excluding steroid dienone is 3. The summed E-state index contributed by atoms with van der Waals surface area (Å²) in [6.07, 6.45) is 13.7. The number of carbonyl (C=O) groups is 1. The van der Waals surface area contributed by atoms with E-state index < -0.39 is 17.6 Å². The van der Waals surface area contributed by atoms with Crippen molar-refractivity contribution in [2.75, 3.05) is 18.1 Å². The second kappa shape index (κ2) is 14.8. The molecule has 5 nitrogen and oxygen atoms in total. The molecule has 4 N–H and O–H groups in total. The Morgan fingerprint density at radius 2 is 2.03 bits per heavy atom. The first-order chi connectivity index (χ1) is 14.7. The summed E-state index contributed by atoms with van der Waals surface area (Å²) in [5.74, 6) is 1.93. The molecular weight excluding hydrogens is 410 g/mol.